The zero-order valence-electron chi connectivity index (χ0n) is 13.3. The summed E-state index contributed by atoms with van der Waals surface area (Å²) in [7, 11) is 0. The van der Waals surface area contributed by atoms with Crippen molar-refractivity contribution in [2.24, 2.45) is 0 Å². The number of halogens is 1. The molecule has 3 rings (SSSR count). The van der Waals surface area contributed by atoms with Crippen LogP contribution in [0.3, 0.4) is 0 Å². The fourth-order valence-electron chi connectivity index (χ4n) is 2.91. The van der Waals surface area contributed by atoms with Crippen LogP contribution in [-0.2, 0) is 0 Å². The van der Waals surface area contributed by atoms with Gasteiger partial charge in [-0.15, -0.1) is 0 Å². The second-order valence-electron chi connectivity index (χ2n) is 5.96. The molecule has 1 heterocycles. The molecule has 2 aromatic rings. The second kappa shape index (κ2) is 7.05. The van der Waals surface area contributed by atoms with Crippen LogP contribution in [0.15, 0.2) is 42.5 Å². The van der Waals surface area contributed by atoms with Crippen LogP contribution in [0.25, 0.3) is 0 Å². The van der Waals surface area contributed by atoms with Gasteiger partial charge < -0.3 is 10.2 Å². The van der Waals surface area contributed by atoms with Gasteiger partial charge in [0.05, 0.1) is 0 Å². The van der Waals surface area contributed by atoms with Gasteiger partial charge in [-0.25, -0.2) is 0 Å². The molecule has 0 radical (unpaired) electrons. The van der Waals surface area contributed by atoms with E-state index in [1.807, 2.05) is 49.4 Å². The first-order valence-corrected chi connectivity index (χ1v) is 8.44. The Morgan fingerprint density at radius 1 is 1.04 bits per heavy atom. The SMILES string of the molecule is Cc1c(Cl)cccc1NC(=O)c1ccc(N2CCCCC2)cc1. The number of amides is 1. The summed E-state index contributed by atoms with van der Waals surface area (Å²) in [5.74, 6) is -0.111. The number of carbonyl (C=O) groups is 1. The Hall–Kier alpha value is -2.00. The molecule has 120 valence electrons. The molecule has 0 atom stereocenters. The summed E-state index contributed by atoms with van der Waals surface area (Å²) in [6.45, 7) is 4.11. The van der Waals surface area contributed by atoms with E-state index in [-0.39, 0.29) is 5.91 Å². The number of anilines is 2. The number of hydrogen-bond donors (Lipinski definition) is 1. The molecular formula is C19H21ClN2O. The zero-order chi connectivity index (χ0) is 16.2. The molecule has 1 fully saturated rings. The van der Waals surface area contributed by atoms with E-state index in [9.17, 15) is 4.79 Å². The molecule has 0 aliphatic carbocycles. The monoisotopic (exact) mass is 328 g/mol. The van der Waals surface area contributed by atoms with E-state index in [0.717, 1.165) is 24.3 Å². The second-order valence-corrected chi connectivity index (χ2v) is 6.37. The molecule has 1 aliphatic heterocycles. The minimum Gasteiger partial charge on any atom is -0.372 e. The molecule has 0 unspecified atom stereocenters. The molecule has 1 amide bonds. The number of hydrogen-bond acceptors (Lipinski definition) is 2. The third kappa shape index (κ3) is 3.67. The molecule has 1 saturated heterocycles. The van der Waals surface area contributed by atoms with E-state index in [4.69, 9.17) is 11.6 Å². The topological polar surface area (TPSA) is 32.3 Å². The van der Waals surface area contributed by atoms with Gasteiger partial charge in [0.25, 0.3) is 5.91 Å². The third-order valence-corrected chi connectivity index (χ3v) is 4.78. The number of carbonyl (C=O) groups excluding carboxylic acids is 1. The molecule has 1 aliphatic rings. The van der Waals surface area contributed by atoms with Crippen molar-refractivity contribution >= 4 is 28.9 Å². The number of nitrogens with one attached hydrogen (secondary N) is 1. The van der Waals surface area contributed by atoms with E-state index < -0.39 is 0 Å². The van der Waals surface area contributed by atoms with Crippen molar-refractivity contribution in [1.82, 2.24) is 0 Å². The van der Waals surface area contributed by atoms with Gasteiger partial charge in [-0.2, -0.15) is 0 Å². The van der Waals surface area contributed by atoms with Crippen molar-refractivity contribution in [1.29, 1.82) is 0 Å². The van der Waals surface area contributed by atoms with Gasteiger partial charge >= 0.3 is 0 Å². The largest absolute Gasteiger partial charge is 0.372 e. The van der Waals surface area contributed by atoms with Crippen molar-refractivity contribution in [3.8, 4) is 0 Å². The first kappa shape index (κ1) is 15.9. The summed E-state index contributed by atoms with van der Waals surface area (Å²) in [5, 5.41) is 3.59. The highest BCUT2D eigenvalue weighted by Crippen LogP contribution is 2.24. The smallest absolute Gasteiger partial charge is 0.255 e. The fourth-order valence-corrected chi connectivity index (χ4v) is 3.09. The molecule has 0 saturated carbocycles. The summed E-state index contributed by atoms with van der Waals surface area (Å²) >= 11 is 6.09. The number of benzene rings is 2. The summed E-state index contributed by atoms with van der Waals surface area (Å²) in [6, 6.07) is 13.4. The van der Waals surface area contributed by atoms with Crippen molar-refractivity contribution < 1.29 is 4.79 Å². The van der Waals surface area contributed by atoms with Gasteiger partial charge in [0.2, 0.25) is 0 Å². The maximum Gasteiger partial charge on any atom is 0.255 e. The number of piperidine rings is 1. The zero-order valence-corrected chi connectivity index (χ0v) is 14.1. The van der Waals surface area contributed by atoms with E-state index in [0.29, 0.717) is 10.6 Å². The minimum absolute atomic E-state index is 0.111. The predicted octanol–water partition coefficient (Wildman–Crippen LogP) is 4.89. The molecule has 2 aromatic carbocycles. The number of rotatable bonds is 3. The summed E-state index contributed by atoms with van der Waals surface area (Å²) < 4.78 is 0. The van der Waals surface area contributed by atoms with Crippen LogP contribution < -0.4 is 10.2 Å². The first-order chi connectivity index (χ1) is 11.1. The van der Waals surface area contributed by atoms with E-state index in [1.165, 1.54) is 24.9 Å². The summed E-state index contributed by atoms with van der Waals surface area (Å²) in [5.41, 5.74) is 3.49. The van der Waals surface area contributed by atoms with Gasteiger partial charge in [0, 0.05) is 35.1 Å². The molecule has 0 aromatic heterocycles. The Bertz CT molecular complexity index is 691. The maximum absolute atomic E-state index is 12.4. The Labute approximate surface area is 142 Å². The van der Waals surface area contributed by atoms with Gasteiger partial charge in [-0.05, 0) is 68.1 Å². The predicted molar refractivity (Wildman–Crippen MR) is 96.6 cm³/mol. The molecule has 23 heavy (non-hydrogen) atoms. The minimum atomic E-state index is -0.111. The highest BCUT2D eigenvalue weighted by molar-refractivity contribution is 6.31. The molecule has 4 heteroatoms. The lowest BCUT2D eigenvalue weighted by Crippen LogP contribution is -2.29. The van der Waals surface area contributed by atoms with E-state index >= 15 is 0 Å². The highest BCUT2D eigenvalue weighted by Gasteiger charge is 2.13. The van der Waals surface area contributed by atoms with Crippen molar-refractivity contribution in [3.63, 3.8) is 0 Å². The molecule has 1 N–H and O–H groups in total. The maximum atomic E-state index is 12.4. The van der Waals surface area contributed by atoms with Gasteiger partial charge in [-0.3, -0.25) is 4.79 Å². The summed E-state index contributed by atoms with van der Waals surface area (Å²) in [4.78, 5) is 14.8. The van der Waals surface area contributed by atoms with Crippen LogP contribution in [0.5, 0.6) is 0 Å². The van der Waals surface area contributed by atoms with Crippen LogP contribution >= 0.6 is 11.6 Å². The first-order valence-electron chi connectivity index (χ1n) is 8.06. The number of nitrogens with zero attached hydrogens (tertiary/aromatic N) is 1. The van der Waals surface area contributed by atoms with Crippen LogP contribution in [0, 0.1) is 6.92 Å². The third-order valence-electron chi connectivity index (χ3n) is 4.37. The van der Waals surface area contributed by atoms with E-state index in [1.54, 1.807) is 0 Å². The summed E-state index contributed by atoms with van der Waals surface area (Å²) in [6.07, 6.45) is 3.81. The molecule has 0 bridgehead atoms. The Kier molecular flexibility index (Phi) is 4.87. The lowest BCUT2D eigenvalue weighted by atomic mass is 10.1. The average Bonchev–Trinajstić information content (AvgIpc) is 2.60. The van der Waals surface area contributed by atoms with Crippen molar-refractivity contribution in [3.05, 3.63) is 58.6 Å². The lowest BCUT2D eigenvalue weighted by molar-refractivity contribution is 0.102. The van der Waals surface area contributed by atoms with Crippen LogP contribution in [0.1, 0.15) is 35.2 Å². The normalized spacial score (nSPS) is 14.6. The van der Waals surface area contributed by atoms with Gasteiger partial charge in [0.15, 0.2) is 0 Å². The molecule has 3 nitrogen and oxygen atoms in total. The standard InChI is InChI=1S/C19H21ClN2O/c1-14-17(20)6-5-7-18(14)21-19(23)15-8-10-16(11-9-15)22-12-3-2-4-13-22/h5-11H,2-4,12-13H2,1H3,(H,21,23). The van der Waals surface area contributed by atoms with E-state index in [2.05, 4.69) is 10.2 Å². The Balaban J connectivity index is 1.71. The Morgan fingerprint density at radius 2 is 1.74 bits per heavy atom. The van der Waals surface area contributed by atoms with Gasteiger partial charge in [0.1, 0.15) is 0 Å². The molecular weight excluding hydrogens is 308 g/mol. The van der Waals surface area contributed by atoms with Gasteiger partial charge in [-0.1, -0.05) is 17.7 Å². The average molecular weight is 329 g/mol. The van der Waals surface area contributed by atoms with Crippen LogP contribution in [0.4, 0.5) is 11.4 Å². The Morgan fingerprint density at radius 3 is 2.43 bits per heavy atom. The quantitative estimate of drug-likeness (QED) is 0.870. The van der Waals surface area contributed by atoms with Crippen LogP contribution in [-0.4, -0.2) is 19.0 Å². The van der Waals surface area contributed by atoms with Crippen molar-refractivity contribution in [2.45, 2.75) is 26.2 Å². The highest BCUT2D eigenvalue weighted by atomic mass is 35.5. The van der Waals surface area contributed by atoms with Crippen LogP contribution in [0.2, 0.25) is 5.02 Å². The fraction of sp³-hybridized carbons (Fsp3) is 0.316. The molecule has 0 spiro atoms. The lowest BCUT2D eigenvalue weighted by Gasteiger charge is -2.28. The van der Waals surface area contributed by atoms with Crippen molar-refractivity contribution in [2.75, 3.05) is 23.3 Å².